The zero-order valence-electron chi connectivity index (χ0n) is 14.9. The molecule has 0 bridgehead atoms. The van der Waals surface area contributed by atoms with Crippen molar-refractivity contribution in [2.45, 2.75) is 69.1 Å². The molecular formula is C23H30S. The van der Waals surface area contributed by atoms with Gasteiger partial charge < -0.3 is 0 Å². The highest BCUT2D eigenvalue weighted by Gasteiger charge is 2.23. The molecule has 1 heteroatoms. The van der Waals surface area contributed by atoms with E-state index in [-0.39, 0.29) is 0 Å². The van der Waals surface area contributed by atoms with Gasteiger partial charge in [-0.2, -0.15) is 0 Å². The number of thiol groups is 1. The van der Waals surface area contributed by atoms with Crippen LogP contribution in [0, 0.1) is 5.92 Å². The van der Waals surface area contributed by atoms with Gasteiger partial charge in [-0.25, -0.2) is 0 Å². The average Bonchev–Trinajstić information content (AvgIpc) is 2.63. The molecule has 0 unspecified atom stereocenters. The topological polar surface area (TPSA) is 0 Å². The highest BCUT2D eigenvalue weighted by atomic mass is 32.1. The van der Waals surface area contributed by atoms with E-state index in [9.17, 15) is 0 Å². The van der Waals surface area contributed by atoms with Crippen molar-refractivity contribution in [2.75, 3.05) is 0 Å². The zero-order chi connectivity index (χ0) is 16.8. The lowest BCUT2D eigenvalue weighted by atomic mass is 9.75. The van der Waals surface area contributed by atoms with Crippen LogP contribution >= 0.6 is 12.6 Å². The van der Waals surface area contributed by atoms with Crippen molar-refractivity contribution >= 4 is 12.6 Å². The van der Waals surface area contributed by atoms with Gasteiger partial charge >= 0.3 is 0 Å². The standard InChI is InChI=1S/C23H30S/c1-2-3-4-7-18-10-12-19(13-11-18)22-8-5-6-9-23(22)20-14-16-21(24)17-15-20/h5-6,8-9,14-19,24H,2-4,7,10-13H2,1H3. The lowest BCUT2D eigenvalue weighted by Crippen LogP contribution is -2.14. The fourth-order valence-electron chi connectivity index (χ4n) is 4.20. The Hall–Kier alpha value is -1.21. The van der Waals surface area contributed by atoms with E-state index < -0.39 is 0 Å². The van der Waals surface area contributed by atoms with E-state index in [1.165, 1.54) is 62.5 Å². The number of hydrogen-bond acceptors (Lipinski definition) is 1. The van der Waals surface area contributed by atoms with Crippen molar-refractivity contribution in [3.05, 3.63) is 54.1 Å². The summed E-state index contributed by atoms with van der Waals surface area (Å²) in [6.07, 6.45) is 11.2. The largest absolute Gasteiger partial charge is 0.143 e. The molecule has 2 aromatic carbocycles. The van der Waals surface area contributed by atoms with Crippen LogP contribution in [0.3, 0.4) is 0 Å². The summed E-state index contributed by atoms with van der Waals surface area (Å²) in [5.74, 6) is 1.71. The summed E-state index contributed by atoms with van der Waals surface area (Å²) in [5.41, 5.74) is 4.30. The molecule has 0 radical (unpaired) electrons. The van der Waals surface area contributed by atoms with Crippen molar-refractivity contribution in [1.29, 1.82) is 0 Å². The van der Waals surface area contributed by atoms with Crippen LogP contribution in [0.2, 0.25) is 0 Å². The van der Waals surface area contributed by atoms with Gasteiger partial charge in [0.2, 0.25) is 0 Å². The van der Waals surface area contributed by atoms with Crippen molar-refractivity contribution in [3.63, 3.8) is 0 Å². The van der Waals surface area contributed by atoms with Gasteiger partial charge in [0.15, 0.2) is 0 Å². The van der Waals surface area contributed by atoms with Crippen LogP contribution in [0.5, 0.6) is 0 Å². The molecular weight excluding hydrogens is 308 g/mol. The quantitative estimate of drug-likeness (QED) is 0.409. The Kier molecular flexibility index (Phi) is 6.43. The summed E-state index contributed by atoms with van der Waals surface area (Å²) in [4.78, 5) is 1.03. The fourth-order valence-corrected chi connectivity index (χ4v) is 4.35. The summed E-state index contributed by atoms with van der Waals surface area (Å²) in [5, 5.41) is 0. The van der Waals surface area contributed by atoms with Crippen LogP contribution < -0.4 is 0 Å². The van der Waals surface area contributed by atoms with Crippen molar-refractivity contribution in [1.82, 2.24) is 0 Å². The second-order valence-corrected chi connectivity index (χ2v) is 7.86. The van der Waals surface area contributed by atoms with E-state index in [0.717, 1.165) is 16.7 Å². The summed E-state index contributed by atoms with van der Waals surface area (Å²) in [7, 11) is 0. The van der Waals surface area contributed by atoms with Crippen LogP contribution in [0.1, 0.15) is 69.8 Å². The molecule has 3 rings (SSSR count). The molecule has 0 saturated heterocycles. The van der Waals surface area contributed by atoms with Crippen LogP contribution in [-0.2, 0) is 0 Å². The molecule has 0 aliphatic heterocycles. The van der Waals surface area contributed by atoms with Gasteiger partial charge in [0.1, 0.15) is 0 Å². The molecule has 1 aliphatic rings. The normalized spacial score (nSPS) is 20.9. The summed E-state index contributed by atoms with van der Waals surface area (Å²) < 4.78 is 0. The number of hydrogen-bond donors (Lipinski definition) is 1. The molecule has 0 nitrogen and oxygen atoms in total. The zero-order valence-corrected chi connectivity index (χ0v) is 15.8. The molecule has 24 heavy (non-hydrogen) atoms. The van der Waals surface area contributed by atoms with E-state index in [4.69, 9.17) is 0 Å². The monoisotopic (exact) mass is 338 g/mol. The minimum absolute atomic E-state index is 0.735. The van der Waals surface area contributed by atoms with Gasteiger partial charge in [-0.1, -0.05) is 69.0 Å². The maximum atomic E-state index is 4.42. The predicted octanol–water partition coefficient (Wildman–Crippen LogP) is 7.50. The third-order valence-corrected chi connectivity index (χ3v) is 5.94. The first kappa shape index (κ1) is 17.6. The van der Waals surface area contributed by atoms with Crippen LogP contribution in [0.4, 0.5) is 0 Å². The average molecular weight is 339 g/mol. The van der Waals surface area contributed by atoms with E-state index in [0.29, 0.717) is 0 Å². The SMILES string of the molecule is CCCCCC1CCC(c2ccccc2-c2ccc(S)cc2)CC1. The smallest absolute Gasteiger partial charge is 0.00404 e. The highest BCUT2D eigenvalue weighted by molar-refractivity contribution is 7.80. The Labute approximate surface area is 153 Å². The Morgan fingerprint density at radius 1 is 0.875 bits per heavy atom. The minimum Gasteiger partial charge on any atom is -0.143 e. The number of benzene rings is 2. The summed E-state index contributed by atoms with van der Waals surface area (Å²) >= 11 is 4.42. The third kappa shape index (κ3) is 4.45. The predicted molar refractivity (Wildman–Crippen MR) is 108 cm³/mol. The lowest BCUT2D eigenvalue weighted by molar-refractivity contribution is 0.303. The van der Waals surface area contributed by atoms with E-state index in [2.05, 4.69) is 68.1 Å². The molecule has 1 aliphatic carbocycles. The first-order chi connectivity index (χ1) is 11.8. The Morgan fingerprint density at radius 2 is 1.58 bits per heavy atom. The fraction of sp³-hybridized carbons (Fsp3) is 0.478. The molecule has 1 fully saturated rings. The second kappa shape index (κ2) is 8.76. The van der Waals surface area contributed by atoms with E-state index in [1.807, 2.05) is 0 Å². The Bertz CT molecular complexity index is 621. The molecule has 0 amide bonds. The van der Waals surface area contributed by atoms with Crippen molar-refractivity contribution in [2.24, 2.45) is 5.92 Å². The lowest BCUT2D eigenvalue weighted by Gasteiger charge is -2.30. The molecule has 0 heterocycles. The second-order valence-electron chi connectivity index (χ2n) is 7.35. The number of rotatable bonds is 6. The molecule has 1 saturated carbocycles. The summed E-state index contributed by atoms with van der Waals surface area (Å²) in [6, 6.07) is 17.6. The van der Waals surface area contributed by atoms with Crippen LogP contribution in [0.25, 0.3) is 11.1 Å². The summed E-state index contributed by atoms with van der Waals surface area (Å²) in [6.45, 7) is 2.30. The van der Waals surface area contributed by atoms with E-state index >= 15 is 0 Å². The van der Waals surface area contributed by atoms with Gasteiger partial charge in [0.05, 0.1) is 0 Å². The maximum Gasteiger partial charge on any atom is 0.00404 e. The molecule has 2 aromatic rings. The van der Waals surface area contributed by atoms with Gasteiger partial charge in [0, 0.05) is 4.90 Å². The molecule has 0 atom stereocenters. The van der Waals surface area contributed by atoms with Gasteiger partial charge in [-0.15, -0.1) is 12.6 Å². The molecule has 128 valence electrons. The number of unbranched alkanes of at least 4 members (excludes halogenated alkanes) is 2. The molecule has 0 aromatic heterocycles. The van der Waals surface area contributed by atoms with Gasteiger partial charge in [-0.3, -0.25) is 0 Å². The van der Waals surface area contributed by atoms with Gasteiger partial charge in [-0.05, 0) is 66.3 Å². The van der Waals surface area contributed by atoms with Gasteiger partial charge in [0.25, 0.3) is 0 Å². The van der Waals surface area contributed by atoms with E-state index in [1.54, 1.807) is 5.56 Å². The Balaban J connectivity index is 1.69. The van der Waals surface area contributed by atoms with Crippen LogP contribution in [-0.4, -0.2) is 0 Å². The van der Waals surface area contributed by atoms with Crippen molar-refractivity contribution in [3.8, 4) is 11.1 Å². The first-order valence-electron chi connectivity index (χ1n) is 9.66. The Morgan fingerprint density at radius 3 is 2.29 bits per heavy atom. The van der Waals surface area contributed by atoms with Crippen molar-refractivity contribution < 1.29 is 0 Å². The minimum atomic E-state index is 0.735. The molecule has 0 spiro atoms. The highest BCUT2D eigenvalue weighted by Crippen LogP contribution is 2.41. The maximum absolute atomic E-state index is 4.42. The first-order valence-corrected chi connectivity index (χ1v) is 10.1. The third-order valence-electron chi connectivity index (χ3n) is 5.64. The van der Waals surface area contributed by atoms with Crippen LogP contribution in [0.15, 0.2) is 53.4 Å². The molecule has 0 N–H and O–H groups in total.